The largest absolute Gasteiger partial charge is 0.341 e. The van der Waals surface area contributed by atoms with Crippen LogP contribution in [0.1, 0.15) is 31.1 Å². The highest BCUT2D eigenvalue weighted by atomic mass is 15.1. The average molecular weight is 282 g/mol. The topological polar surface area (TPSA) is 34.8 Å². The normalized spacial score (nSPS) is 11.6. The number of nitrogens with one attached hydrogen (secondary N) is 1. The summed E-state index contributed by atoms with van der Waals surface area (Å²) in [5, 5.41) is 4.49. The van der Waals surface area contributed by atoms with Gasteiger partial charge in [0, 0.05) is 30.5 Å². The van der Waals surface area contributed by atoms with Gasteiger partial charge in [-0.15, -0.1) is 0 Å². The molecule has 1 aromatic carbocycles. The highest BCUT2D eigenvalue weighted by Gasteiger charge is 2.08. The molecule has 0 spiro atoms. The second kappa shape index (κ2) is 5.74. The van der Waals surface area contributed by atoms with Crippen LogP contribution in [-0.4, -0.2) is 21.2 Å². The van der Waals surface area contributed by atoms with E-state index in [-0.39, 0.29) is 0 Å². The SMILES string of the molecule is CNCc1ccc2ccn(Cc3cncn3C(C)C)c2c1. The van der Waals surface area contributed by atoms with E-state index in [4.69, 9.17) is 0 Å². The monoisotopic (exact) mass is 282 g/mol. The fourth-order valence-electron chi connectivity index (χ4n) is 2.78. The van der Waals surface area contributed by atoms with Gasteiger partial charge in [-0.1, -0.05) is 12.1 Å². The van der Waals surface area contributed by atoms with E-state index in [1.807, 2.05) is 19.6 Å². The molecule has 3 aromatic rings. The standard InChI is InChI=1S/C17H22N4/c1-13(2)21-12-19-10-16(21)11-20-7-6-15-5-4-14(9-18-3)8-17(15)20/h4-8,10,12-13,18H,9,11H2,1-3H3. The zero-order valence-electron chi connectivity index (χ0n) is 12.9. The summed E-state index contributed by atoms with van der Waals surface area (Å²) in [7, 11) is 1.98. The molecule has 0 atom stereocenters. The zero-order chi connectivity index (χ0) is 14.8. The number of rotatable bonds is 5. The van der Waals surface area contributed by atoms with E-state index in [0.717, 1.165) is 13.1 Å². The van der Waals surface area contributed by atoms with E-state index in [1.54, 1.807) is 0 Å². The van der Waals surface area contributed by atoms with Crippen LogP contribution in [0.15, 0.2) is 43.0 Å². The lowest BCUT2D eigenvalue weighted by atomic mass is 10.1. The van der Waals surface area contributed by atoms with E-state index in [0.29, 0.717) is 6.04 Å². The van der Waals surface area contributed by atoms with Crippen LogP contribution in [0.2, 0.25) is 0 Å². The minimum atomic E-state index is 0.434. The van der Waals surface area contributed by atoms with Crippen molar-refractivity contribution in [2.75, 3.05) is 7.05 Å². The number of imidazole rings is 1. The first kappa shape index (κ1) is 13.9. The predicted octanol–water partition coefficient (Wildman–Crippen LogP) is 3.19. The molecule has 0 aliphatic rings. The molecule has 2 aromatic heterocycles. The van der Waals surface area contributed by atoms with Gasteiger partial charge in [-0.2, -0.15) is 0 Å². The van der Waals surface area contributed by atoms with Crippen molar-refractivity contribution >= 4 is 10.9 Å². The molecule has 0 fully saturated rings. The van der Waals surface area contributed by atoms with Crippen molar-refractivity contribution in [1.82, 2.24) is 19.4 Å². The summed E-state index contributed by atoms with van der Waals surface area (Å²) in [6.07, 6.45) is 6.03. The predicted molar refractivity (Wildman–Crippen MR) is 86.4 cm³/mol. The van der Waals surface area contributed by atoms with Crippen molar-refractivity contribution in [2.45, 2.75) is 33.0 Å². The van der Waals surface area contributed by atoms with Crippen LogP contribution in [0, 0.1) is 0 Å². The smallest absolute Gasteiger partial charge is 0.0951 e. The maximum Gasteiger partial charge on any atom is 0.0951 e. The van der Waals surface area contributed by atoms with E-state index in [2.05, 4.69) is 63.7 Å². The van der Waals surface area contributed by atoms with Gasteiger partial charge in [0.1, 0.15) is 0 Å². The van der Waals surface area contributed by atoms with Gasteiger partial charge in [0.15, 0.2) is 0 Å². The maximum absolute atomic E-state index is 4.29. The first-order valence-corrected chi connectivity index (χ1v) is 7.42. The lowest BCUT2D eigenvalue weighted by molar-refractivity contribution is 0.564. The van der Waals surface area contributed by atoms with Gasteiger partial charge >= 0.3 is 0 Å². The summed E-state index contributed by atoms with van der Waals surface area (Å²) in [4.78, 5) is 4.29. The van der Waals surface area contributed by atoms with Crippen molar-refractivity contribution in [2.24, 2.45) is 0 Å². The van der Waals surface area contributed by atoms with E-state index in [9.17, 15) is 0 Å². The van der Waals surface area contributed by atoms with Gasteiger partial charge in [0.25, 0.3) is 0 Å². The van der Waals surface area contributed by atoms with Crippen molar-refractivity contribution < 1.29 is 0 Å². The Bertz CT molecular complexity index is 736. The molecular weight excluding hydrogens is 260 g/mol. The molecule has 4 nitrogen and oxygen atoms in total. The Labute approximate surface area is 125 Å². The van der Waals surface area contributed by atoms with Gasteiger partial charge in [-0.05, 0) is 44.0 Å². The molecule has 0 radical (unpaired) electrons. The first-order chi connectivity index (χ1) is 10.2. The van der Waals surface area contributed by atoms with Crippen LogP contribution in [0.25, 0.3) is 10.9 Å². The minimum Gasteiger partial charge on any atom is -0.341 e. The van der Waals surface area contributed by atoms with Crippen LogP contribution in [0.4, 0.5) is 0 Å². The molecular formula is C17H22N4. The quantitative estimate of drug-likeness (QED) is 0.780. The number of fused-ring (bicyclic) bond motifs is 1. The molecule has 110 valence electrons. The molecule has 21 heavy (non-hydrogen) atoms. The van der Waals surface area contributed by atoms with Crippen molar-refractivity contribution in [1.29, 1.82) is 0 Å². The molecule has 0 aliphatic heterocycles. The Balaban J connectivity index is 1.96. The van der Waals surface area contributed by atoms with E-state index >= 15 is 0 Å². The van der Waals surface area contributed by atoms with Gasteiger partial charge in [-0.25, -0.2) is 4.98 Å². The first-order valence-electron chi connectivity index (χ1n) is 7.42. The number of nitrogens with zero attached hydrogens (tertiary/aromatic N) is 3. The summed E-state index contributed by atoms with van der Waals surface area (Å²) in [5.41, 5.74) is 3.82. The van der Waals surface area contributed by atoms with E-state index < -0.39 is 0 Å². The average Bonchev–Trinajstić information content (AvgIpc) is 3.07. The fraction of sp³-hybridized carbons (Fsp3) is 0.353. The summed E-state index contributed by atoms with van der Waals surface area (Å²) in [6.45, 7) is 6.11. The van der Waals surface area contributed by atoms with Crippen molar-refractivity contribution in [3.05, 3.63) is 54.2 Å². The molecule has 0 saturated carbocycles. The highest BCUT2D eigenvalue weighted by molar-refractivity contribution is 5.80. The van der Waals surface area contributed by atoms with Crippen molar-refractivity contribution in [3.63, 3.8) is 0 Å². The second-order valence-electron chi connectivity index (χ2n) is 5.75. The van der Waals surface area contributed by atoms with Gasteiger partial charge < -0.3 is 14.5 Å². The molecule has 3 rings (SSSR count). The van der Waals surface area contributed by atoms with Crippen molar-refractivity contribution in [3.8, 4) is 0 Å². The third-order valence-corrected chi connectivity index (χ3v) is 3.85. The lowest BCUT2D eigenvalue weighted by Crippen LogP contribution is -2.08. The zero-order valence-corrected chi connectivity index (χ0v) is 12.9. The van der Waals surface area contributed by atoms with Gasteiger partial charge in [-0.3, -0.25) is 0 Å². The molecule has 0 aliphatic carbocycles. The lowest BCUT2D eigenvalue weighted by Gasteiger charge is -2.13. The minimum absolute atomic E-state index is 0.434. The molecule has 2 heterocycles. The fourth-order valence-corrected chi connectivity index (χ4v) is 2.78. The Morgan fingerprint density at radius 1 is 1.24 bits per heavy atom. The Morgan fingerprint density at radius 3 is 2.86 bits per heavy atom. The maximum atomic E-state index is 4.29. The summed E-state index contributed by atoms with van der Waals surface area (Å²) >= 11 is 0. The van der Waals surface area contributed by atoms with E-state index in [1.165, 1.54) is 22.2 Å². The highest BCUT2D eigenvalue weighted by Crippen LogP contribution is 2.20. The Morgan fingerprint density at radius 2 is 2.10 bits per heavy atom. The number of benzene rings is 1. The van der Waals surface area contributed by atoms with Crippen LogP contribution >= 0.6 is 0 Å². The van der Waals surface area contributed by atoms with Crippen LogP contribution < -0.4 is 5.32 Å². The van der Waals surface area contributed by atoms with Crippen LogP contribution in [-0.2, 0) is 13.1 Å². The Hall–Kier alpha value is -2.07. The number of hydrogen-bond acceptors (Lipinski definition) is 2. The number of hydrogen-bond donors (Lipinski definition) is 1. The molecule has 4 heteroatoms. The molecule has 0 unspecified atom stereocenters. The second-order valence-corrected chi connectivity index (χ2v) is 5.75. The third kappa shape index (κ3) is 2.72. The van der Waals surface area contributed by atoms with Gasteiger partial charge in [0.05, 0.1) is 18.6 Å². The third-order valence-electron chi connectivity index (χ3n) is 3.85. The molecule has 1 N–H and O–H groups in total. The molecule has 0 amide bonds. The molecule has 0 bridgehead atoms. The van der Waals surface area contributed by atoms with Gasteiger partial charge in [0.2, 0.25) is 0 Å². The van der Waals surface area contributed by atoms with Crippen LogP contribution in [0.5, 0.6) is 0 Å². The summed E-state index contributed by atoms with van der Waals surface area (Å²) < 4.78 is 4.52. The Kier molecular flexibility index (Phi) is 3.80. The summed E-state index contributed by atoms with van der Waals surface area (Å²) in [6, 6.07) is 9.25. The number of aromatic nitrogens is 3. The summed E-state index contributed by atoms with van der Waals surface area (Å²) in [5.74, 6) is 0. The molecule has 0 saturated heterocycles. The van der Waals surface area contributed by atoms with Crippen LogP contribution in [0.3, 0.4) is 0 Å².